The molecule has 0 radical (unpaired) electrons. The summed E-state index contributed by atoms with van der Waals surface area (Å²) in [5.41, 5.74) is 7.92. The fraction of sp³-hybridized carbons (Fsp3) is 0.222. The van der Waals surface area contributed by atoms with Gasteiger partial charge in [0.25, 0.3) is 0 Å². The van der Waals surface area contributed by atoms with E-state index in [-0.39, 0.29) is 29.9 Å². The summed E-state index contributed by atoms with van der Waals surface area (Å²) in [6.45, 7) is 0.340. The fourth-order valence-corrected chi connectivity index (χ4v) is 2.15. The Bertz CT molecular complexity index is 764. The van der Waals surface area contributed by atoms with Gasteiger partial charge in [-0.25, -0.2) is 9.79 Å². The van der Waals surface area contributed by atoms with Crippen molar-refractivity contribution in [3.8, 4) is 11.5 Å². The number of halogens is 1. The van der Waals surface area contributed by atoms with Gasteiger partial charge in [-0.3, -0.25) is 0 Å². The van der Waals surface area contributed by atoms with Crippen LogP contribution in [0.2, 0.25) is 0 Å². The van der Waals surface area contributed by atoms with Crippen LogP contribution in [0.25, 0.3) is 0 Å². The van der Waals surface area contributed by atoms with Crippen LogP contribution >= 0.6 is 24.0 Å². The smallest absolute Gasteiger partial charge is 0.341 e. The number of carbonyl (C=O) groups is 1. The number of guanidine groups is 1. The average molecular weight is 471 g/mol. The quantitative estimate of drug-likeness (QED) is 0.291. The van der Waals surface area contributed by atoms with E-state index in [1.165, 1.54) is 14.2 Å². The number of rotatable bonds is 6. The number of hydrogen-bond donors (Lipinski definition) is 2. The molecule has 3 N–H and O–H groups in total. The van der Waals surface area contributed by atoms with Crippen LogP contribution in [0.15, 0.2) is 47.5 Å². The van der Waals surface area contributed by atoms with Crippen LogP contribution in [-0.4, -0.2) is 33.3 Å². The van der Waals surface area contributed by atoms with Crippen LogP contribution < -0.4 is 20.5 Å². The standard InChI is InChI=1S/C18H21N3O4.HI/c1-23-14-7-5-13(6-8-14)21-18(19)20-11-12-4-9-15(17(22)25-3)16(10-12)24-2;/h4-10H,11H2,1-3H3,(H3,19,20,21);1H. The molecule has 0 aromatic heterocycles. The van der Waals surface area contributed by atoms with E-state index in [0.717, 1.165) is 17.0 Å². The molecule has 0 heterocycles. The molecule has 0 unspecified atom stereocenters. The second-order valence-electron chi connectivity index (χ2n) is 5.08. The Morgan fingerprint density at radius 2 is 1.77 bits per heavy atom. The molecule has 26 heavy (non-hydrogen) atoms. The summed E-state index contributed by atoms with van der Waals surface area (Å²) >= 11 is 0. The Balaban J connectivity index is 0.00000338. The van der Waals surface area contributed by atoms with Gasteiger partial charge >= 0.3 is 5.97 Å². The molecule has 0 saturated carbocycles. The summed E-state index contributed by atoms with van der Waals surface area (Å²) in [6, 6.07) is 12.5. The average Bonchev–Trinajstić information content (AvgIpc) is 2.66. The van der Waals surface area contributed by atoms with E-state index in [4.69, 9.17) is 19.9 Å². The zero-order chi connectivity index (χ0) is 18.2. The van der Waals surface area contributed by atoms with Crippen molar-refractivity contribution in [2.45, 2.75) is 6.54 Å². The summed E-state index contributed by atoms with van der Waals surface area (Å²) in [7, 11) is 4.43. The molecule has 0 fully saturated rings. The third-order valence-corrected chi connectivity index (χ3v) is 3.47. The summed E-state index contributed by atoms with van der Waals surface area (Å²) in [4.78, 5) is 15.9. The minimum Gasteiger partial charge on any atom is -0.497 e. The molecule has 0 amide bonds. The largest absolute Gasteiger partial charge is 0.497 e. The van der Waals surface area contributed by atoms with Gasteiger partial charge in [0.2, 0.25) is 0 Å². The van der Waals surface area contributed by atoms with Crippen molar-refractivity contribution in [3.05, 3.63) is 53.6 Å². The second-order valence-corrected chi connectivity index (χ2v) is 5.08. The number of nitrogens with zero attached hydrogens (tertiary/aromatic N) is 1. The Labute approximate surface area is 169 Å². The van der Waals surface area contributed by atoms with Crippen molar-refractivity contribution in [2.24, 2.45) is 10.7 Å². The van der Waals surface area contributed by atoms with Crippen molar-refractivity contribution >= 4 is 41.6 Å². The molecule has 2 aromatic carbocycles. The molecule has 2 rings (SSSR count). The van der Waals surface area contributed by atoms with Crippen LogP contribution in [0.4, 0.5) is 5.69 Å². The van der Waals surface area contributed by atoms with Crippen LogP contribution in [0.3, 0.4) is 0 Å². The lowest BCUT2D eigenvalue weighted by Gasteiger charge is -2.09. The van der Waals surface area contributed by atoms with E-state index in [9.17, 15) is 4.79 Å². The number of aliphatic imine (C=N–C) groups is 1. The molecule has 0 bridgehead atoms. The number of nitrogens with two attached hydrogens (primary N) is 1. The Morgan fingerprint density at radius 3 is 2.35 bits per heavy atom. The number of hydrogen-bond acceptors (Lipinski definition) is 5. The second kappa shape index (κ2) is 10.5. The van der Waals surface area contributed by atoms with E-state index in [1.807, 2.05) is 24.3 Å². The Hall–Kier alpha value is -2.49. The van der Waals surface area contributed by atoms with Crippen LogP contribution in [0.1, 0.15) is 15.9 Å². The van der Waals surface area contributed by atoms with Crippen molar-refractivity contribution in [2.75, 3.05) is 26.6 Å². The highest BCUT2D eigenvalue weighted by Gasteiger charge is 2.12. The zero-order valence-electron chi connectivity index (χ0n) is 14.8. The summed E-state index contributed by atoms with van der Waals surface area (Å²) in [6.07, 6.45) is 0. The van der Waals surface area contributed by atoms with E-state index < -0.39 is 5.97 Å². The Kier molecular flexibility index (Phi) is 8.70. The molecule has 2 aromatic rings. The third kappa shape index (κ3) is 5.80. The maximum Gasteiger partial charge on any atom is 0.341 e. The molecule has 0 spiro atoms. The summed E-state index contributed by atoms with van der Waals surface area (Å²) < 4.78 is 15.0. The highest BCUT2D eigenvalue weighted by molar-refractivity contribution is 14.0. The first kappa shape index (κ1) is 21.6. The summed E-state index contributed by atoms with van der Waals surface area (Å²) in [5.74, 6) is 1.02. The normalized spacial score (nSPS) is 10.5. The molecule has 0 aliphatic carbocycles. The fourth-order valence-electron chi connectivity index (χ4n) is 2.15. The minimum atomic E-state index is -0.451. The summed E-state index contributed by atoms with van der Waals surface area (Å²) in [5, 5.41) is 3.00. The molecule has 140 valence electrons. The minimum absolute atomic E-state index is 0. The van der Waals surface area contributed by atoms with Gasteiger partial charge in [0.15, 0.2) is 5.96 Å². The number of methoxy groups -OCH3 is 3. The molecular weight excluding hydrogens is 449 g/mol. The van der Waals surface area contributed by atoms with Gasteiger partial charge in [0.05, 0.1) is 27.9 Å². The maximum absolute atomic E-state index is 11.7. The molecule has 0 aliphatic heterocycles. The predicted molar refractivity (Wildman–Crippen MR) is 112 cm³/mol. The monoisotopic (exact) mass is 471 g/mol. The number of benzene rings is 2. The van der Waals surface area contributed by atoms with Crippen molar-refractivity contribution in [1.29, 1.82) is 0 Å². The number of ether oxygens (including phenoxy) is 3. The van der Waals surface area contributed by atoms with Crippen LogP contribution in [-0.2, 0) is 11.3 Å². The van der Waals surface area contributed by atoms with Crippen LogP contribution in [0.5, 0.6) is 11.5 Å². The van der Waals surface area contributed by atoms with Crippen molar-refractivity contribution in [3.63, 3.8) is 0 Å². The third-order valence-electron chi connectivity index (χ3n) is 3.47. The molecule has 0 aliphatic rings. The number of anilines is 1. The van der Waals surface area contributed by atoms with Gasteiger partial charge in [-0.15, -0.1) is 24.0 Å². The predicted octanol–water partition coefficient (Wildman–Crippen LogP) is 3.04. The number of nitrogens with one attached hydrogen (secondary N) is 1. The zero-order valence-corrected chi connectivity index (χ0v) is 17.1. The Morgan fingerprint density at radius 1 is 1.08 bits per heavy atom. The van der Waals surface area contributed by atoms with Gasteiger partial charge in [-0.1, -0.05) is 6.07 Å². The van der Waals surface area contributed by atoms with Gasteiger partial charge in [-0.05, 0) is 42.0 Å². The van der Waals surface area contributed by atoms with Crippen LogP contribution in [0, 0.1) is 0 Å². The van der Waals surface area contributed by atoms with E-state index >= 15 is 0 Å². The van der Waals surface area contributed by atoms with Gasteiger partial charge in [0.1, 0.15) is 17.1 Å². The van der Waals surface area contributed by atoms with E-state index in [0.29, 0.717) is 17.9 Å². The molecule has 0 saturated heterocycles. The van der Waals surface area contributed by atoms with E-state index in [1.54, 1.807) is 25.3 Å². The number of carbonyl (C=O) groups excluding carboxylic acids is 1. The maximum atomic E-state index is 11.7. The topological polar surface area (TPSA) is 95.2 Å². The highest BCUT2D eigenvalue weighted by Crippen LogP contribution is 2.21. The first-order valence-corrected chi connectivity index (χ1v) is 7.53. The lowest BCUT2D eigenvalue weighted by atomic mass is 10.1. The lowest BCUT2D eigenvalue weighted by molar-refractivity contribution is 0.0597. The van der Waals surface area contributed by atoms with Crippen molar-refractivity contribution < 1.29 is 19.0 Å². The lowest BCUT2D eigenvalue weighted by Crippen LogP contribution is -2.22. The molecule has 7 nitrogen and oxygen atoms in total. The molecule has 0 atom stereocenters. The number of esters is 1. The first-order chi connectivity index (χ1) is 12.1. The van der Waals surface area contributed by atoms with Gasteiger partial charge < -0.3 is 25.3 Å². The van der Waals surface area contributed by atoms with Gasteiger partial charge in [-0.2, -0.15) is 0 Å². The van der Waals surface area contributed by atoms with E-state index in [2.05, 4.69) is 10.3 Å². The highest BCUT2D eigenvalue weighted by atomic mass is 127. The molecule has 8 heteroatoms. The molecular formula is C18H22IN3O4. The van der Waals surface area contributed by atoms with Gasteiger partial charge in [0, 0.05) is 5.69 Å². The SMILES string of the molecule is COC(=O)c1ccc(CN=C(N)Nc2ccc(OC)cc2)cc1OC.I. The van der Waals surface area contributed by atoms with Crippen molar-refractivity contribution in [1.82, 2.24) is 0 Å². The first-order valence-electron chi connectivity index (χ1n) is 7.53.